The smallest absolute Gasteiger partial charge is 0.328 e. The molecule has 0 fully saturated rings. The van der Waals surface area contributed by atoms with Gasteiger partial charge in [-0.25, -0.2) is 9.78 Å². The van der Waals surface area contributed by atoms with Crippen LogP contribution in [0.1, 0.15) is 5.69 Å². The molecular weight excluding hydrogens is 256 g/mol. The second-order valence-corrected chi connectivity index (χ2v) is 4.02. The van der Waals surface area contributed by atoms with Gasteiger partial charge in [-0.2, -0.15) is 12.6 Å². The quantitative estimate of drug-likeness (QED) is 0.387. The van der Waals surface area contributed by atoms with Crippen molar-refractivity contribution in [1.29, 1.82) is 0 Å². The van der Waals surface area contributed by atoms with Crippen LogP contribution in [-0.2, 0) is 20.7 Å². The first kappa shape index (κ1) is 14.5. The van der Waals surface area contributed by atoms with Crippen LogP contribution in [0.2, 0.25) is 0 Å². The molecule has 0 aromatic carbocycles. The van der Waals surface area contributed by atoms with E-state index in [1.54, 1.807) is 6.20 Å². The third-order valence-corrected chi connectivity index (χ3v) is 2.71. The topological polar surface area (TPSA) is 110 Å². The highest BCUT2D eigenvalue weighted by molar-refractivity contribution is 7.80. The van der Waals surface area contributed by atoms with Crippen molar-refractivity contribution in [2.75, 3.05) is 12.9 Å². The van der Waals surface area contributed by atoms with Gasteiger partial charge in [0.25, 0.3) is 0 Å². The Bertz CT molecular complexity index is 396. The molecule has 8 heteroatoms. The summed E-state index contributed by atoms with van der Waals surface area (Å²) in [6.07, 6.45) is 3.32. The van der Waals surface area contributed by atoms with Gasteiger partial charge in [0.2, 0.25) is 5.91 Å². The van der Waals surface area contributed by atoms with E-state index >= 15 is 0 Å². The van der Waals surface area contributed by atoms with E-state index in [0.717, 1.165) is 0 Å². The molecule has 0 aliphatic carbocycles. The molecule has 0 aliphatic heterocycles. The van der Waals surface area contributed by atoms with Crippen molar-refractivity contribution < 1.29 is 14.3 Å². The normalized spacial score (nSPS) is 13.7. The van der Waals surface area contributed by atoms with Gasteiger partial charge in [0.15, 0.2) is 0 Å². The maximum absolute atomic E-state index is 11.6. The van der Waals surface area contributed by atoms with Crippen LogP contribution in [0.15, 0.2) is 12.5 Å². The van der Waals surface area contributed by atoms with E-state index in [9.17, 15) is 9.59 Å². The average Bonchev–Trinajstić information content (AvgIpc) is 2.88. The maximum Gasteiger partial charge on any atom is 0.328 e. The molecule has 0 saturated heterocycles. The van der Waals surface area contributed by atoms with Crippen LogP contribution in [0.25, 0.3) is 0 Å². The van der Waals surface area contributed by atoms with Crippen molar-refractivity contribution in [3.05, 3.63) is 18.2 Å². The molecule has 1 rings (SSSR count). The van der Waals surface area contributed by atoms with Crippen molar-refractivity contribution >= 4 is 24.5 Å². The molecule has 18 heavy (non-hydrogen) atoms. The number of carbonyl (C=O) groups excluding carboxylic acids is 2. The minimum atomic E-state index is -0.797. The third kappa shape index (κ3) is 4.04. The number of esters is 1. The van der Waals surface area contributed by atoms with Crippen molar-refractivity contribution in [1.82, 2.24) is 15.3 Å². The number of nitrogens with two attached hydrogens (primary N) is 1. The number of rotatable bonds is 6. The largest absolute Gasteiger partial charge is 0.467 e. The molecule has 4 N–H and O–H groups in total. The fraction of sp³-hybridized carbons (Fsp3) is 0.500. The Morgan fingerprint density at radius 3 is 2.89 bits per heavy atom. The minimum absolute atomic E-state index is 0.198. The Morgan fingerprint density at radius 1 is 1.67 bits per heavy atom. The first-order valence-electron chi connectivity index (χ1n) is 5.30. The molecule has 1 heterocycles. The van der Waals surface area contributed by atoms with E-state index in [1.165, 1.54) is 13.4 Å². The van der Waals surface area contributed by atoms with Gasteiger partial charge >= 0.3 is 5.97 Å². The number of imidazole rings is 1. The van der Waals surface area contributed by atoms with Crippen molar-refractivity contribution in [3.63, 3.8) is 0 Å². The van der Waals surface area contributed by atoms with E-state index in [0.29, 0.717) is 5.69 Å². The van der Waals surface area contributed by atoms with E-state index in [1.807, 2.05) is 0 Å². The summed E-state index contributed by atoms with van der Waals surface area (Å²) >= 11 is 3.92. The van der Waals surface area contributed by atoms with Crippen molar-refractivity contribution in [2.24, 2.45) is 5.73 Å². The standard InChI is InChI=1S/C10H16N4O3S/c1-17-10(16)8(2-6-3-12-5-13-6)14-9(15)7(11)4-18/h3,5,7-8,18H,2,4,11H2,1H3,(H,12,13)(H,14,15)/t7-,8-/m0/s1. The Kier molecular flexibility index (Phi) is 5.66. The second-order valence-electron chi connectivity index (χ2n) is 3.65. The molecule has 7 nitrogen and oxygen atoms in total. The van der Waals surface area contributed by atoms with E-state index in [4.69, 9.17) is 5.73 Å². The molecule has 2 atom stereocenters. The summed E-state index contributed by atoms with van der Waals surface area (Å²) in [5.41, 5.74) is 6.23. The van der Waals surface area contributed by atoms with Crippen molar-refractivity contribution in [3.8, 4) is 0 Å². The number of hydrogen-bond donors (Lipinski definition) is 4. The fourth-order valence-electron chi connectivity index (χ4n) is 1.31. The monoisotopic (exact) mass is 272 g/mol. The van der Waals surface area contributed by atoms with Crippen LogP contribution >= 0.6 is 12.6 Å². The Balaban J connectivity index is 2.67. The first-order valence-corrected chi connectivity index (χ1v) is 5.93. The second kappa shape index (κ2) is 7.02. The van der Waals surface area contributed by atoms with Crippen LogP contribution in [0.5, 0.6) is 0 Å². The summed E-state index contributed by atoms with van der Waals surface area (Å²) in [5.74, 6) is -0.784. The van der Waals surface area contributed by atoms with Gasteiger partial charge in [-0.15, -0.1) is 0 Å². The Hall–Kier alpha value is -1.54. The van der Waals surface area contributed by atoms with Crippen LogP contribution in [0.3, 0.4) is 0 Å². The molecule has 0 unspecified atom stereocenters. The highest BCUT2D eigenvalue weighted by Gasteiger charge is 2.24. The van der Waals surface area contributed by atoms with Gasteiger partial charge in [0.05, 0.1) is 19.5 Å². The third-order valence-electron chi connectivity index (χ3n) is 2.31. The lowest BCUT2D eigenvalue weighted by Gasteiger charge is -2.17. The number of methoxy groups -OCH3 is 1. The summed E-state index contributed by atoms with van der Waals surface area (Å²) in [6, 6.07) is -1.56. The van der Waals surface area contributed by atoms with E-state index in [-0.39, 0.29) is 12.2 Å². The number of amides is 1. The molecule has 0 aliphatic rings. The molecular formula is C10H16N4O3S. The predicted octanol–water partition coefficient (Wildman–Crippen LogP) is -1.13. The molecule has 0 spiro atoms. The SMILES string of the molecule is COC(=O)[C@H](Cc1cnc[nH]1)NC(=O)[C@@H](N)CS. The van der Waals surface area contributed by atoms with Crippen LogP contribution in [0.4, 0.5) is 0 Å². The summed E-state index contributed by atoms with van der Waals surface area (Å²) < 4.78 is 4.63. The minimum Gasteiger partial charge on any atom is -0.467 e. The number of aromatic amines is 1. The highest BCUT2D eigenvalue weighted by Crippen LogP contribution is 2.01. The zero-order valence-corrected chi connectivity index (χ0v) is 10.8. The molecule has 0 bridgehead atoms. The fourth-order valence-corrected chi connectivity index (χ4v) is 1.48. The zero-order valence-electron chi connectivity index (χ0n) is 9.92. The number of H-pyrrole nitrogens is 1. The van der Waals surface area contributed by atoms with Gasteiger partial charge in [-0.3, -0.25) is 4.79 Å². The predicted molar refractivity (Wildman–Crippen MR) is 68.1 cm³/mol. The Morgan fingerprint density at radius 2 is 2.39 bits per heavy atom. The van der Waals surface area contributed by atoms with Gasteiger partial charge in [-0.05, 0) is 0 Å². The summed E-state index contributed by atoms with van der Waals surface area (Å²) in [5, 5.41) is 2.52. The van der Waals surface area contributed by atoms with E-state index in [2.05, 4.69) is 32.7 Å². The lowest BCUT2D eigenvalue weighted by molar-refractivity contribution is -0.145. The van der Waals surface area contributed by atoms with E-state index < -0.39 is 24.0 Å². The summed E-state index contributed by atoms with van der Waals surface area (Å²) in [7, 11) is 1.26. The lowest BCUT2D eigenvalue weighted by Crippen LogP contribution is -2.50. The van der Waals surface area contributed by atoms with Crippen molar-refractivity contribution in [2.45, 2.75) is 18.5 Å². The lowest BCUT2D eigenvalue weighted by atomic mass is 10.1. The zero-order chi connectivity index (χ0) is 13.5. The number of aromatic nitrogens is 2. The van der Waals surface area contributed by atoms with Crippen LogP contribution < -0.4 is 11.1 Å². The van der Waals surface area contributed by atoms with Crippen LogP contribution in [0, 0.1) is 0 Å². The number of hydrogen-bond acceptors (Lipinski definition) is 6. The van der Waals surface area contributed by atoms with Gasteiger partial charge in [0, 0.05) is 24.1 Å². The average molecular weight is 272 g/mol. The van der Waals surface area contributed by atoms with Gasteiger partial charge in [-0.1, -0.05) is 0 Å². The molecule has 1 aromatic heterocycles. The molecule has 100 valence electrons. The molecule has 0 saturated carbocycles. The number of thiol groups is 1. The van der Waals surface area contributed by atoms with Gasteiger partial charge < -0.3 is 20.8 Å². The van der Waals surface area contributed by atoms with Crippen LogP contribution in [-0.4, -0.2) is 46.8 Å². The highest BCUT2D eigenvalue weighted by atomic mass is 32.1. The maximum atomic E-state index is 11.6. The summed E-state index contributed by atoms with van der Waals surface area (Å²) in [4.78, 5) is 29.8. The molecule has 1 aromatic rings. The first-order chi connectivity index (χ1) is 8.58. The molecule has 1 amide bonds. The number of nitrogens with one attached hydrogen (secondary N) is 2. The number of ether oxygens (including phenoxy) is 1. The molecule has 0 radical (unpaired) electrons. The number of carbonyl (C=O) groups is 2. The Labute approximate surface area is 110 Å². The number of nitrogens with zero attached hydrogens (tertiary/aromatic N) is 1. The summed E-state index contributed by atoms with van der Waals surface area (Å²) in [6.45, 7) is 0. The van der Waals surface area contributed by atoms with Gasteiger partial charge in [0.1, 0.15) is 6.04 Å².